The highest BCUT2D eigenvalue weighted by Gasteiger charge is 2.35. The zero-order chi connectivity index (χ0) is 14.7. The first-order chi connectivity index (χ1) is 9.47. The van der Waals surface area contributed by atoms with E-state index in [1.165, 1.54) is 0 Å². The molecule has 5 heteroatoms. The Morgan fingerprint density at radius 2 is 2.10 bits per heavy atom. The number of aliphatic hydroxyl groups is 2. The van der Waals surface area contributed by atoms with Gasteiger partial charge in [-0.2, -0.15) is 0 Å². The molecular weight excluding hydrogens is 260 g/mol. The van der Waals surface area contributed by atoms with E-state index in [9.17, 15) is 15.3 Å². The van der Waals surface area contributed by atoms with Crippen molar-refractivity contribution in [3.63, 3.8) is 0 Å². The first-order valence-corrected chi connectivity index (χ1v) is 6.89. The number of phenolic OH excluding ortho intramolecular Hbond substituents is 1. The third kappa shape index (κ3) is 3.70. The Kier molecular flexibility index (Phi) is 4.99. The number of aryl methyl sites for hydroxylation is 1. The molecule has 0 aromatic heterocycles. The summed E-state index contributed by atoms with van der Waals surface area (Å²) in [6.07, 6.45) is -1.75. The summed E-state index contributed by atoms with van der Waals surface area (Å²) in [4.78, 5) is 0. The van der Waals surface area contributed by atoms with Crippen LogP contribution in [0.15, 0.2) is 18.2 Å². The summed E-state index contributed by atoms with van der Waals surface area (Å²) in [5, 5.41) is 29.1. The van der Waals surface area contributed by atoms with Gasteiger partial charge in [0.2, 0.25) is 0 Å². The Balaban J connectivity index is 1.84. The van der Waals surface area contributed by atoms with Crippen LogP contribution in [0, 0.1) is 6.92 Å². The second-order valence-electron chi connectivity index (χ2n) is 5.35. The SMILES string of the molecule is Cc1ccc(CCOC2OC(C)CC(O)C2O)cc1O. The number of aromatic hydroxyl groups is 1. The number of ether oxygens (including phenoxy) is 2. The van der Waals surface area contributed by atoms with Crippen molar-refractivity contribution in [1.29, 1.82) is 0 Å². The van der Waals surface area contributed by atoms with E-state index in [4.69, 9.17) is 9.47 Å². The van der Waals surface area contributed by atoms with Crippen molar-refractivity contribution in [3.8, 4) is 5.75 Å². The van der Waals surface area contributed by atoms with Crippen molar-refractivity contribution in [1.82, 2.24) is 0 Å². The van der Waals surface area contributed by atoms with Crippen molar-refractivity contribution in [2.45, 2.75) is 51.3 Å². The largest absolute Gasteiger partial charge is 0.508 e. The normalized spacial score (nSPS) is 30.4. The lowest BCUT2D eigenvalue weighted by Crippen LogP contribution is -2.48. The maximum atomic E-state index is 9.79. The van der Waals surface area contributed by atoms with Gasteiger partial charge >= 0.3 is 0 Å². The summed E-state index contributed by atoms with van der Waals surface area (Å²) in [6.45, 7) is 4.03. The number of hydrogen-bond acceptors (Lipinski definition) is 5. The molecule has 0 bridgehead atoms. The Bertz CT molecular complexity index is 448. The van der Waals surface area contributed by atoms with Gasteiger partial charge in [-0.15, -0.1) is 0 Å². The van der Waals surface area contributed by atoms with Crippen molar-refractivity contribution in [2.24, 2.45) is 0 Å². The number of benzene rings is 1. The Morgan fingerprint density at radius 1 is 1.35 bits per heavy atom. The van der Waals surface area contributed by atoms with Gasteiger partial charge in [-0.25, -0.2) is 0 Å². The molecule has 5 nitrogen and oxygen atoms in total. The molecule has 0 aliphatic carbocycles. The summed E-state index contributed by atoms with van der Waals surface area (Å²) < 4.78 is 11.0. The number of phenols is 1. The second-order valence-corrected chi connectivity index (χ2v) is 5.35. The highest BCUT2D eigenvalue weighted by Crippen LogP contribution is 2.22. The maximum Gasteiger partial charge on any atom is 0.186 e. The maximum absolute atomic E-state index is 9.79. The lowest BCUT2D eigenvalue weighted by atomic mass is 10.0. The van der Waals surface area contributed by atoms with E-state index in [0.717, 1.165) is 11.1 Å². The first-order valence-electron chi connectivity index (χ1n) is 6.89. The second kappa shape index (κ2) is 6.54. The summed E-state index contributed by atoms with van der Waals surface area (Å²) in [6, 6.07) is 5.48. The molecule has 1 aliphatic heterocycles. The summed E-state index contributed by atoms with van der Waals surface area (Å²) in [5.74, 6) is 0.264. The molecule has 1 aromatic rings. The molecule has 0 amide bonds. The van der Waals surface area contributed by atoms with Crippen LogP contribution in [0.25, 0.3) is 0 Å². The molecule has 20 heavy (non-hydrogen) atoms. The smallest absolute Gasteiger partial charge is 0.186 e. The van der Waals surface area contributed by atoms with E-state index in [1.54, 1.807) is 6.07 Å². The predicted molar refractivity (Wildman–Crippen MR) is 73.5 cm³/mol. The van der Waals surface area contributed by atoms with Gasteiger partial charge in [-0.1, -0.05) is 12.1 Å². The van der Waals surface area contributed by atoms with Gasteiger partial charge < -0.3 is 24.8 Å². The van der Waals surface area contributed by atoms with E-state index < -0.39 is 18.5 Å². The number of hydrogen-bond donors (Lipinski definition) is 3. The predicted octanol–water partition coefficient (Wildman–Crippen LogP) is 1.12. The van der Waals surface area contributed by atoms with Crippen LogP contribution in [0.5, 0.6) is 5.75 Å². The molecule has 1 aliphatic rings. The summed E-state index contributed by atoms with van der Waals surface area (Å²) in [5.41, 5.74) is 1.78. The van der Waals surface area contributed by atoms with Crippen LogP contribution in [-0.4, -0.2) is 46.5 Å². The van der Waals surface area contributed by atoms with Gasteiger partial charge in [0.25, 0.3) is 0 Å². The fraction of sp³-hybridized carbons (Fsp3) is 0.600. The van der Waals surface area contributed by atoms with Crippen molar-refractivity contribution in [2.75, 3.05) is 6.61 Å². The Morgan fingerprint density at radius 3 is 2.80 bits per heavy atom. The molecule has 1 aromatic carbocycles. The van der Waals surface area contributed by atoms with Crippen LogP contribution < -0.4 is 0 Å². The molecular formula is C15H22O5. The quantitative estimate of drug-likeness (QED) is 0.771. The summed E-state index contributed by atoms with van der Waals surface area (Å²) >= 11 is 0. The molecule has 1 saturated heterocycles. The van der Waals surface area contributed by atoms with Gasteiger partial charge in [0.05, 0.1) is 18.8 Å². The highest BCUT2D eigenvalue weighted by molar-refractivity contribution is 5.35. The van der Waals surface area contributed by atoms with E-state index in [1.807, 2.05) is 26.0 Å². The number of aliphatic hydroxyl groups excluding tert-OH is 2. The van der Waals surface area contributed by atoms with Crippen LogP contribution >= 0.6 is 0 Å². The first kappa shape index (κ1) is 15.3. The minimum atomic E-state index is -1.02. The molecule has 4 unspecified atom stereocenters. The standard InChI is InChI=1S/C15H22O5/c1-9-3-4-11(8-12(9)16)5-6-19-15-14(18)13(17)7-10(2)20-15/h3-4,8,10,13-18H,5-7H2,1-2H3. The number of rotatable bonds is 4. The molecule has 0 radical (unpaired) electrons. The highest BCUT2D eigenvalue weighted by atomic mass is 16.7. The third-order valence-electron chi connectivity index (χ3n) is 3.56. The van der Waals surface area contributed by atoms with E-state index >= 15 is 0 Å². The van der Waals surface area contributed by atoms with Gasteiger partial charge in [0, 0.05) is 6.42 Å². The molecule has 0 saturated carbocycles. The van der Waals surface area contributed by atoms with Gasteiger partial charge in [-0.3, -0.25) is 0 Å². The van der Waals surface area contributed by atoms with E-state index in [-0.39, 0.29) is 11.9 Å². The van der Waals surface area contributed by atoms with Crippen LogP contribution in [0.1, 0.15) is 24.5 Å². The topological polar surface area (TPSA) is 79.2 Å². The average molecular weight is 282 g/mol. The van der Waals surface area contributed by atoms with Crippen LogP contribution in [0.2, 0.25) is 0 Å². The molecule has 112 valence electrons. The van der Waals surface area contributed by atoms with E-state index in [0.29, 0.717) is 19.4 Å². The molecule has 2 rings (SSSR count). The Hall–Kier alpha value is -1.14. The fourth-order valence-corrected chi connectivity index (χ4v) is 2.27. The molecule has 3 N–H and O–H groups in total. The van der Waals surface area contributed by atoms with Crippen molar-refractivity contribution >= 4 is 0 Å². The lowest BCUT2D eigenvalue weighted by molar-refractivity contribution is -0.262. The van der Waals surface area contributed by atoms with Crippen molar-refractivity contribution in [3.05, 3.63) is 29.3 Å². The zero-order valence-electron chi connectivity index (χ0n) is 11.8. The minimum absolute atomic E-state index is 0.137. The monoisotopic (exact) mass is 282 g/mol. The third-order valence-corrected chi connectivity index (χ3v) is 3.56. The molecule has 1 heterocycles. The lowest BCUT2D eigenvalue weighted by Gasteiger charge is -2.35. The van der Waals surface area contributed by atoms with Crippen molar-refractivity contribution < 1.29 is 24.8 Å². The Labute approximate surface area is 118 Å². The summed E-state index contributed by atoms with van der Waals surface area (Å²) in [7, 11) is 0. The molecule has 4 atom stereocenters. The van der Waals surface area contributed by atoms with E-state index in [2.05, 4.69) is 0 Å². The average Bonchev–Trinajstić information content (AvgIpc) is 2.39. The van der Waals surface area contributed by atoms with Crippen LogP contribution in [0.4, 0.5) is 0 Å². The van der Waals surface area contributed by atoms with Crippen LogP contribution in [0.3, 0.4) is 0 Å². The molecule has 0 spiro atoms. The van der Waals surface area contributed by atoms with Gasteiger partial charge in [0.1, 0.15) is 11.9 Å². The van der Waals surface area contributed by atoms with Gasteiger partial charge in [0.15, 0.2) is 6.29 Å². The van der Waals surface area contributed by atoms with Crippen LogP contribution in [-0.2, 0) is 15.9 Å². The minimum Gasteiger partial charge on any atom is -0.508 e. The molecule has 1 fully saturated rings. The fourth-order valence-electron chi connectivity index (χ4n) is 2.27. The van der Waals surface area contributed by atoms with Gasteiger partial charge in [-0.05, 0) is 37.5 Å². The zero-order valence-corrected chi connectivity index (χ0v) is 11.8.